The number of rotatable bonds is 3. The van der Waals surface area contributed by atoms with Gasteiger partial charge in [0.15, 0.2) is 28.8 Å². The van der Waals surface area contributed by atoms with Crippen molar-refractivity contribution in [2.75, 3.05) is 26.8 Å². The molecule has 192 valence electrons. The van der Waals surface area contributed by atoms with Crippen LogP contribution in [0.15, 0.2) is 88.3 Å². The van der Waals surface area contributed by atoms with Gasteiger partial charge in [-0.25, -0.2) is 0 Å². The lowest BCUT2D eigenvalue weighted by atomic mass is 10.1. The zero-order chi connectivity index (χ0) is 25.7. The highest BCUT2D eigenvalue weighted by Crippen LogP contribution is 2.33. The van der Waals surface area contributed by atoms with Crippen molar-refractivity contribution in [1.82, 2.24) is 0 Å². The normalized spacial score (nSPS) is 13.7. The Labute approximate surface area is 213 Å². The van der Waals surface area contributed by atoms with Gasteiger partial charge in [-0.3, -0.25) is 9.59 Å². The van der Waals surface area contributed by atoms with E-state index in [2.05, 4.69) is 4.42 Å². The molecule has 4 aromatic rings. The smallest absolute Gasteiger partial charge is 0.231 e. The molecule has 9 nitrogen and oxygen atoms in total. The maximum absolute atomic E-state index is 11.9. The topological polar surface area (TPSA) is 107 Å². The van der Waals surface area contributed by atoms with Crippen LogP contribution >= 0.6 is 0 Å². The minimum absolute atomic E-state index is 0.164. The summed E-state index contributed by atoms with van der Waals surface area (Å²) in [7, 11) is 0. The maximum atomic E-state index is 11.9. The summed E-state index contributed by atoms with van der Waals surface area (Å²) in [6.07, 6.45) is 8.06. The summed E-state index contributed by atoms with van der Waals surface area (Å²) >= 11 is 0. The summed E-state index contributed by atoms with van der Waals surface area (Å²) in [5.74, 6) is 2.76. The molecular weight excluding hydrogens is 480 g/mol. The van der Waals surface area contributed by atoms with Gasteiger partial charge in [-0.05, 0) is 73.5 Å². The summed E-state index contributed by atoms with van der Waals surface area (Å²) < 4.78 is 35.1. The molecule has 0 atom stereocenters. The lowest BCUT2D eigenvalue weighted by Crippen LogP contribution is -1.99. The second-order valence-electron chi connectivity index (χ2n) is 7.72. The molecule has 0 amide bonds. The van der Waals surface area contributed by atoms with E-state index in [1.807, 2.05) is 12.1 Å². The van der Waals surface area contributed by atoms with Gasteiger partial charge >= 0.3 is 0 Å². The number of aldehydes is 1. The van der Waals surface area contributed by atoms with Crippen LogP contribution in [0.3, 0.4) is 0 Å². The second kappa shape index (κ2) is 13.6. The van der Waals surface area contributed by atoms with Crippen molar-refractivity contribution in [3.8, 4) is 23.0 Å². The fourth-order valence-corrected chi connectivity index (χ4v) is 3.31. The van der Waals surface area contributed by atoms with Crippen LogP contribution in [0.2, 0.25) is 0 Å². The molecule has 0 saturated carbocycles. The fourth-order valence-electron chi connectivity index (χ4n) is 3.31. The first-order valence-electron chi connectivity index (χ1n) is 11.6. The lowest BCUT2D eigenvalue weighted by Gasteiger charge is -1.99. The predicted octanol–water partition coefficient (Wildman–Crippen LogP) is 5.54. The Hall–Kier alpha value is -4.50. The van der Waals surface area contributed by atoms with Gasteiger partial charge in [0, 0.05) is 24.3 Å². The molecule has 5 heterocycles. The fraction of sp³-hybridized carbons (Fsp3) is 0.214. The zero-order valence-electron chi connectivity index (χ0n) is 20.0. The average Bonchev–Trinajstić information content (AvgIpc) is 3.80. The largest absolute Gasteiger partial charge is 0.473 e. The van der Waals surface area contributed by atoms with E-state index in [1.54, 1.807) is 61.1 Å². The molecule has 1 saturated heterocycles. The van der Waals surface area contributed by atoms with Crippen molar-refractivity contribution in [1.29, 1.82) is 0 Å². The average molecular weight is 507 g/mol. The minimum Gasteiger partial charge on any atom is -0.473 e. The molecule has 3 aliphatic heterocycles. The number of benzene rings is 2. The van der Waals surface area contributed by atoms with E-state index in [-0.39, 0.29) is 19.4 Å². The maximum Gasteiger partial charge on any atom is 0.231 e. The van der Waals surface area contributed by atoms with Gasteiger partial charge < -0.3 is 32.5 Å². The van der Waals surface area contributed by atoms with Crippen LogP contribution in [-0.2, 0) is 4.74 Å². The summed E-state index contributed by atoms with van der Waals surface area (Å²) in [4.78, 5) is 22.2. The highest BCUT2D eigenvalue weighted by molar-refractivity contribution is 6.07. The number of furan rings is 2. The van der Waals surface area contributed by atoms with Gasteiger partial charge in [0.2, 0.25) is 19.4 Å². The first kappa shape index (κ1) is 25.6. The summed E-state index contributed by atoms with van der Waals surface area (Å²) in [6, 6.07) is 17.1. The van der Waals surface area contributed by atoms with Crippen molar-refractivity contribution in [3.05, 3.63) is 96.3 Å². The minimum atomic E-state index is -0.164. The molecule has 0 bridgehead atoms. The summed E-state index contributed by atoms with van der Waals surface area (Å²) in [6.45, 7) is 2.45. The Kier molecular flexibility index (Phi) is 9.37. The molecule has 2 aromatic carbocycles. The molecule has 1 fully saturated rings. The number of ether oxygens (including phenoxy) is 5. The third kappa shape index (κ3) is 7.49. The number of fused-ring (bicyclic) bond motifs is 2. The van der Waals surface area contributed by atoms with Gasteiger partial charge in [-0.2, -0.15) is 0 Å². The number of hydrogen-bond acceptors (Lipinski definition) is 9. The summed E-state index contributed by atoms with van der Waals surface area (Å²) in [5, 5.41) is 0. The van der Waals surface area contributed by atoms with Crippen molar-refractivity contribution in [2.24, 2.45) is 0 Å². The monoisotopic (exact) mass is 506 g/mol. The lowest BCUT2D eigenvalue weighted by molar-refractivity contribution is 0.101. The molecule has 0 spiro atoms. The number of ketones is 1. The van der Waals surface area contributed by atoms with Crippen LogP contribution in [0.5, 0.6) is 23.0 Å². The first-order chi connectivity index (χ1) is 18.2. The standard InChI is InChI=1S/C12H8O4.C8H6O3.C4H8O.C4H4O/c13-12(10-2-1-5-14-10)8-3-4-9-11(6-8)16-7-15-9;9-4-6-1-2-7-8(3-6)11-5-10-7;2*1-2-4-5-3-1/h1-6H,7H2;1-4H,5H2;1-4H2;1-4H. The van der Waals surface area contributed by atoms with Crippen LogP contribution in [0.25, 0.3) is 0 Å². The van der Waals surface area contributed by atoms with Crippen molar-refractivity contribution >= 4 is 12.1 Å². The van der Waals surface area contributed by atoms with Crippen molar-refractivity contribution in [3.63, 3.8) is 0 Å². The number of carbonyl (C=O) groups is 2. The molecule has 2 aromatic heterocycles. The van der Waals surface area contributed by atoms with E-state index >= 15 is 0 Å². The molecule has 0 N–H and O–H groups in total. The van der Waals surface area contributed by atoms with Crippen LogP contribution in [-0.4, -0.2) is 38.9 Å². The molecule has 3 aliphatic rings. The Morgan fingerprint density at radius 1 is 0.703 bits per heavy atom. The second-order valence-corrected chi connectivity index (χ2v) is 7.72. The van der Waals surface area contributed by atoms with Crippen molar-refractivity contribution in [2.45, 2.75) is 12.8 Å². The molecule has 0 unspecified atom stereocenters. The Morgan fingerprint density at radius 3 is 1.89 bits per heavy atom. The van der Waals surface area contributed by atoms with Crippen LogP contribution in [0, 0.1) is 0 Å². The van der Waals surface area contributed by atoms with Crippen LogP contribution in [0.4, 0.5) is 0 Å². The zero-order valence-corrected chi connectivity index (χ0v) is 20.0. The van der Waals surface area contributed by atoms with E-state index in [0.717, 1.165) is 19.5 Å². The van der Waals surface area contributed by atoms with E-state index in [4.69, 9.17) is 28.1 Å². The van der Waals surface area contributed by atoms with Crippen LogP contribution < -0.4 is 18.9 Å². The highest BCUT2D eigenvalue weighted by atomic mass is 16.7. The molecule has 0 aliphatic carbocycles. The number of carbonyl (C=O) groups excluding carboxylic acids is 2. The third-order valence-electron chi connectivity index (χ3n) is 5.17. The van der Waals surface area contributed by atoms with E-state index < -0.39 is 0 Å². The third-order valence-corrected chi connectivity index (χ3v) is 5.17. The van der Waals surface area contributed by atoms with Gasteiger partial charge in [-0.1, -0.05) is 0 Å². The Morgan fingerprint density at radius 2 is 1.35 bits per heavy atom. The van der Waals surface area contributed by atoms with E-state index in [0.29, 0.717) is 39.9 Å². The van der Waals surface area contributed by atoms with Gasteiger partial charge in [-0.15, -0.1) is 0 Å². The van der Waals surface area contributed by atoms with Crippen molar-refractivity contribution < 1.29 is 42.1 Å². The van der Waals surface area contributed by atoms with E-state index in [9.17, 15) is 9.59 Å². The van der Waals surface area contributed by atoms with Gasteiger partial charge in [0.05, 0.1) is 18.8 Å². The van der Waals surface area contributed by atoms with Crippen LogP contribution in [0.1, 0.15) is 39.3 Å². The molecular formula is C28H26O9. The van der Waals surface area contributed by atoms with E-state index in [1.165, 1.54) is 19.1 Å². The first-order valence-corrected chi connectivity index (χ1v) is 11.6. The molecule has 37 heavy (non-hydrogen) atoms. The SMILES string of the molecule is C1CCOC1.O=C(c1ccc2c(c1)OCO2)c1ccco1.O=Cc1ccc2c(c1)OCO2.c1ccoc1. The highest BCUT2D eigenvalue weighted by Gasteiger charge is 2.18. The predicted molar refractivity (Wildman–Crippen MR) is 131 cm³/mol. The molecule has 7 rings (SSSR count). The molecule has 0 radical (unpaired) electrons. The molecule has 9 heteroatoms. The number of hydrogen-bond donors (Lipinski definition) is 0. The van der Waals surface area contributed by atoms with Gasteiger partial charge in [0.25, 0.3) is 0 Å². The Balaban J connectivity index is 0.000000130. The Bertz CT molecular complexity index is 1220. The van der Waals surface area contributed by atoms with Gasteiger partial charge in [0.1, 0.15) is 6.29 Å². The quantitative estimate of drug-likeness (QED) is 0.261. The summed E-state index contributed by atoms with van der Waals surface area (Å²) in [5.41, 5.74) is 1.13.